The van der Waals surface area contributed by atoms with E-state index in [1.807, 2.05) is 27.7 Å². The third-order valence-corrected chi connectivity index (χ3v) is 3.36. The maximum absolute atomic E-state index is 2.52. The van der Waals surface area contributed by atoms with Crippen LogP contribution in [0.25, 0.3) is 0 Å². The Morgan fingerprint density at radius 3 is 1.79 bits per heavy atom. The van der Waals surface area contributed by atoms with E-state index in [0.29, 0.717) is 0 Å². The second kappa shape index (κ2) is 6.41. The first-order valence-corrected chi connectivity index (χ1v) is 6.12. The average molecular weight is 200 g/mol. The van der Waals surface area contributed by atoms with Gasteiger partial charge in [0, 0.05) is 24.7 Å². The summed E-state index contributed by atoms with van der Waals surface area (Å²) in [5, 5.41) is 0. The zero-order valence-corrected chi connectivity index (χ0v) is 11.0. The molecular formula is C12H28N2. The van der Waals surface area contributed by atoms with Crippen LogP contribution in [0.2, 0.25) is 0 Å². The molecule has 3 heterocycles. The fourth-order valence-electron chi connectivity index (χ4n) is 2.28. The summed E-state index contributed by atoms with van der Waals surface area (Å²) in [5.74, 6) is 0. The lowest BCUT2D eigenvalue weighted by atomic mass is 9.83. The third-order valence-electron chi connectivity index (χ3n) is 3.36. The maximum atomic E-state index is 2.52. The molecule has 3 rings (SSSR count). The van der Waals surface area contributed by atoms with E-state index in [4.69, 9.17) is 0 Å². The minimum atomic E-state index is 0.773. The van der Waals surface area contributed by atoms with Crippen LogP contribution < -0.4 is 0 Å². The molecule has 3 unspecified atom stereocenters. The molecule has 14 heavy (non-hydrogen) atoms. The number of piperidine rings is 1. The quantitative estimate of drug-likeness (QED) is 0.592. The van der Waals surface area contributed by atoms with E-state index < -0.39 is 0 Å². The highest BCUT2D eigenvalue weighted by atomic mass is 15.3. The van der Waals surface area contributed by atoms with E-state index >= 15 is 0 Å². The number of hydrogen-bond acceptors (Lipinski definition) is 2. The number of likely N-dealkylation sites (N-methyl/N-ethyl adjacent to an activating group) is 2. The van der Waals surface area contributed by atoms with Gasteiger partial charge in [0.15, 0.2) is 0 Å². The van der Waals surface area contributed by atoms with Gasteiger partial charge in [-0.1, -0.05) is 27.7 Å². The Hall–Kier alpha value is -0.0800. The topological polar surface area (TPSA) is 6.48 Å². The predicted octanol–water partition coefficient (Wildman–Crippen LogP) is 2.45. The van der Waals surface area contributed by atoms with Gasteiger partial charge < -0.3 is 4.90 Å². The second-order valence-electron chi connectivity index (χ2n) is 3.80. The number of nitrogens with zero attached hydrogens (tertiary/aromatic N) is 2. The predicted molar refractivity (Wildman–Crippen MR) is 64.7 cm³/mol. The fraction of sp³-hybridized carbons (Fsp3) is 1.00. The van der Waals surface area contributed by atoms with Crippen LogP contribution >= 0.6 is 0 Å². The Balaban J connectivity index is 0.000000379. The smallest absolute Gasteiger partial charge is 0.0264 e. The van der Waals surface area contributed by atoms with Crippen LogP contribution in [0.4, 0.5) is 0 Å². The highest BCUT2D eigenvalue weighted by Crippen LogP contribution is 2.33. The van der Waals surface area contributed by atoms with Gasteiger partial charge in [0.1, 0.15) is 0 Å². The molecule has 3 saturated heterocycles. The van der Waals surface area contributed by atoms with Gasteiger partial charge in [0.05, 0.1) is 0 Å². The zero-order valence-electron chi connectivity index (χ0n) is 11.0. The van der Waals surface area contributed by atoms with E-state index in [2.05, 4.69) is 30.8 Å². The fourth-order valence-corrected chi connectivity index (χ4v) is 2.28. The van der Waals surface area contributed by atoms with E-state index in [1.165, 1.54) is 13.0 Å². The molecule has 2 bridgehead atoms. The minimum Gasteiger partial charge on any atom is -0.301 e. The summed E-state index contributed by atoms with van der Waals surface area (Å²) >= 11 is 0. The van der Waals surface area contributed by atoms with E-state index in [1.54, 1.807) is 0 Å². The normalized spacial score (nSPS) is 35.8. The zero-order chi connectivity index (χ0) is 11.3. The molecule has 86 valence electrons. The molecule has 0 aromatic heterocycles. The molecule has 0 spiro atoms. The van der Waals surface area contributed by atoms with Crippen LogP contribution in [0.1, 0.15) is 41.0 Å². The molecule has 3 aliphatic heterocycles. The van der Waals surface area contributed by atoms with Crippen molar-refractivity contribution in [2.45, 2.75) is 59.2 Å². The van der Waals surface area contributed by atoms with Crippen molar-refractivity contribution >= 4 is 0 Å². The third kappa shape index (κ3) is 2.48. The van der Waals surface area contributed by atoms with E-state index in [0.717, 1.165) is 18.1 Å². The van der Waals surface area contributed by atoms with Crippen molar-refractivity contribution in [1.82, 2.24) is 9.80 Å². The average Bonchev–Trinajstić information content (AvgIpc) is 2.26. The Morgan fingerprint density at radius 1 is 1.00 bits per heavy atom. The summed E-state index contributed by atoms with van der Waals surface area (Å²) in [4.78, 5) is 4.99. The van der Waals surface area contributed by atoms with Gasteiger partial charge in [-0.3, -0.25) is 4.90 Å². The van der Waals surface area contributed by atoms with Gasteiger partial charge in [-0.05, 0) is 27.4 Å². The molecule has 0 aromatic carbocycles. The SMILES string of the molecule is CC.CC.CC1C2CC(CN1C)N2C. The Kier molecular flexibility index (Phi) is 6.38. The number of piperazine rings is 1. The first kappa shape index (κ1) is 13.9. The second-order valence-corrected chi connectivity index (χ2v) is 3.80. The van der Waals surface area contributed by atoms with E-state index in [-0.39, 0.29) is 0 Å². The van der Waals surface area contributed by atoms with Crippen LogP contribution in [-0.4, -0.2) is 48.6 Å². The lowest BCUT2D eigenvalue weighted by Crippen LogP contribution is -2.70. The standard InChI is InChI=1S/C8H16N2.2C2H6/c1-6-8-4-7(10(8)3)5-9(6)2;2*1-2/h6-8H,4-5H2,1-3H3;2*1-2H3. The molecule has 2 nitrogen and oxygen atoms in total. The number of hydrogen-bond donors (Lipinski definition) is 0. The van der Waals surface area contributed by atoms with Gasteiger partial charge >= 0.3 is 0 Å². The van der Waals surface area contributed by atoms with Crippen LogP contribution in [-0.2, 0) is 0 Å². The Bertz CT molecular complexity index is 143. The summed E-state index contributed by atoms with van der Waals surface area (Å²) < 4.78 is 0. The molecule has 0 amide bonds. The summed E-state index contributed by atoms with van der Waals surface area (Å²) in [6.07, 6.45) is 1.43. The van der Waals surface area contributed by atoms with Gasteiger partial charge in [-0.2, -0.15) is 0 Å². The van der Waals surface area contributed by atoms with Crippen molar-refractivity contribution in [3.8, 4) is 0 Å². The highest BCUT2D eigenvalue weighted by Gasteiger charge is 2.45. The molecule has 3 aliphatic rings. The van der Waals surface area contributed by atoms with Crippen molar-refractivity contribution in [2.75, 3.05) is 20.6 Å². The molecule has 3 atom stereocenters. The molecule has 0 aromatic rings. The molecule has 3 fully saturated rings. The van der Waals surface area contributed by atoms with Gasteiger partial charge in [0.25, 0.3) is 0 Å². The van der Waals surface area contributed by atoms with Crippen LogP contribution in [0.15, 0.2) is 0 Å². The van der Waals surface area contributed by atoms with Crippen molar-refractivity contribution in [3.05, 3.63) is 0 Å². The van der Waals surface area contributed by atoms with Crippen molar-refractivity contribution in [1.29, 1.82) is 0 Å². The Labute approximate surface area is 90.3 Å². The van der Waals surface area contributed by atoms with Gasteiger partial charge in [-0.25, -0.2) is 0 Å². The van der Waals surface area contributed by atoms with Crippen LogP contribution in [0.5, 0.6) is 0 Å². The minimum absolute atomic E-state index is 0.773. The Morgan fingerprint density at radius 2 is 1.50 bits per heavy atom. The summed E-state index contributed by atoms with van der Waals surface area (Å²) in [6, 6.07) is 2.49. The number of rotatable bonds is 0. The lowest BCUT2D eigenvalue weighted by molar-refractivity contribution is -0.0758. The summed E-state index contributed by atoms with van der Waals surface area (Å²) in [5.41, 5.74) is 0. The van der Waals surface area contributed by atoms with Gasteiger partial charge in [0.2, 0.25) is 0 Å². The summed E-state index contributed by atoms with van der Waals surface area (Å²) in [6.45, 7) is 11.6. The van der Waals surface area contributed by atoms with Crippen LogP contribution in [0, 0.1) is 0 Å². The number of fused-ring (bicyclic) bond motifs is 2. The first-order chi connectivity index (χ1) is 6.70. The summed E-state index contributed by atoms with van der Waals surface area (Å²) in [7, 11) is 4.49. The molecule has 0 N–H and O–H groups in total. The largest absolute Gasteiger partial charge is 0.301 e. The van der Waals surface area contributed by atoms with Crippen molar-refractivity contribution in [3.63, 3.8) is 0 Å². The van der Waals surface area contributed by atoms with E-state index in [9.17, 15) is 0 Å². The molecule has 2 heteroatoms. The van der Waals surface area contributed by atoms with Crippen molar-refractivity contribution in [2.24, 2.45) is 0 Å². The van der Waals surface area contributed by atoms with Crippen molar-refractivity contribution < 1.29 is 0 Å². The van der Waals surface area contributed by atoms with Crippen LogP contribution in [0.3, 0.4) is 0 Å². The molecule has 0 aliphatic carbocycles. The molecule has 0 saturated carbocycles. The molecule has 0 radical (unpaired) electrons. The first-order valence-electron chi connectivity index (χ1n) is 6.12. The van der Waals surface area contributed by atoms with Gasteiger partial charge in [-0.15, -0.1) is 0 Å². The monoisotopic (exact) mass is 200 g/mol. The highest BCUT2D eigenvalue weighted by molar-refractivity contribution is 5.02. The maximum Gasteiger partial charge on any atom is 0.0264 e. The lowest BCUT2D eigenvalue weighted by Gasteiger charge is -2.57. The molecular weight excluding hydrogens is 172 g/mol.